The number of benzene rings is 2. The Bertz CT molecular complexity index is 570. The molecular formula is C17H20BrNO. The first-order valence-corrected chi connectivity index (χ1v) is 7.51. The van der Waals surface area contributed by atoms with Crippen LogP contribution in [0.25, 0.3) is 0 Å². The van der Waals surface area contributed by atoms with E-state index in [9.17, 15) is 5.11 Å². The van der Waals surface area contributed by atoms with Crippen LogP contribution in [0.1, 0.15) is 23.6 Å². The van der Waals surface area contributed by atoms with E-state index in [0.29, 0.717) is 6.54 Å². The van der Waals surface area contributed by atoms with Gasteiger partial charge in [0, 0.05) is 11.0 Å². The second-order valence-corrected chi connectivity index (χ2v) is 6.15. The lowest BCUT2D eigenvalue weighted by atomic mass is 9.92. The summed E-state index contributed by atoms with van der Waals surface area (Å²) in [5.74, 6) is 0. The lowest BCUT2D eigenvalue weighted by Gasteiger charge is -2.29. The van der Waals surface area contributed by atoms with Crippen LogP contribution < -0.4 is 5.32 Å². The van der Waals surface area contributed by atoms with Gasteiger partial charge in [0.05, 0.1) is 12.1 Å². The summed E-state index contributed by atoms with van der Waals surface area (Å²) in [7, 11) is 0. The zero-order valence-electron chi connectivity index (χ0n) is 11.9. The average molecular weight is 334 g/mol. The molecule has 0 spiro atoms. The molecular weight excluding hydrogens is 314 g/mol. The fourth-order valence-electron chi connectivity index (χ4n) is 2.10. The topological polar surface area (TPSA) is 32.3 Å². The molecule has 0 aliphatic heterocycles. The summed E-state index contributed by atoms with van der Waals surface area (Å²) in [5, 5.41) is 13.2. The van der Waals surface area contributed by atoms with Gasteiger partial charge in [0.25, 0.3) is 0 Å². The Balaban J connectivity index is 2.13. The van der Waals surface area contributed by atoms with Gasteiger partial charge >= 0.3 is 0 Å². The smallest absolute Gasteiger partial charge is 0.0652 e. The van der Waals surface area contributed by atoms with Crippen molar-refractivity contribution in [2.75, 3.05) is 6.61 Å². The molecule has 1 atom stereocenters. The van der Waals surface area contributed by atoms with E-state index >= 15 is 0 Å². The fourth-order valence-corrected chi connectivity index (χ4v) is 2.52. The minimum absolute atomic E-state index is 0.0596. The maximum Gasteiger partial charge on any atom is 0.0652 e. The Hall–Kier alpha value is -1.16. The highest BCUT2D eigenvalue weighted by molar-refractivity contribution is 9.10. The van der Waals surface area contributed by atoms with E-state index in [1.54, 1.807) is 0 Å². The van der Waals surface area contributed by atoms with Crippen molar-refractivity contribution in [1.82, 2.24) is 5.32 Å². The van der Waals surface area contributed by atoms with Gasteiger partial charge in [0.2, 0.25) is 0 Å². The van der Waals surface area contributed by atoms with Gasteiger partial charge in [-0.2, -0.15) is 0 Å². The molecule has 20 heavy (non-hydrogen) atoms. The van der Waals surface area contributed by atoms with E-state index in [1.165, 1.54) is 11.1 Å². The lowest BCUT2D eigenvalue weighted by Crippen LogP contribution is -2.42. The van der Waals surface area contributed by atoms with E-state index in [2.05, 4.69) is 46.4 Å². The number of rotatable bonds is 5. The second kappa shape index (κ2) is 6.53. The Morgan fingerprint density at radius 2 is 1.85 bits per heavy atom. The molecule has 2 N–H and O–H groups in total. The molecule has 0 heterocycles. The van der Waals surface area contributed by atoms with Gasteiger partial charge in [0.15, 0.2) is 0 Å². The number of aryl methyl sites for hydroxylation is 1. The zero-order valence-corrected chi connectivity index (χ0v) is 13.4. The van der Waals surface area contributed by atoms with Crippen molar-refractivity contribution in [2.24, 2.45) is 0 Å². The Kier molecular flexibility index (Phi) is 4.97. The van der Waals surface area contributed by atoms with Crippen LogP contribution in [0.3, 0.4) is 0 Å². The van der Waals surface area contributed by atoms with Crippen molar-refractivity contribution in [1.29, 1.82) is 0 Å². The first kappa shape index (κ1) is 15.2. The van der Waals surface area contributed by atoms with Crippen molar-refractivity contribution in [3.8, 4) is 0 Å². The van der Waals surface area contributed by atoms with Gasteiger partial charge in [-0.05, 0) is 36.6 Å². The van der Waals surface area contributed by atoms with E-state index in [4.69, 9.17) is 0 Å². The van der Waals surface area contributed by atoms with Crippen LogP contribution >= 0.6 is 15.9 Å². The van der Waals surface area contributed by atoms with Crippen molar-refractivity contribution >= 4 is 15.9 Å². The van der Waals surface area contributed by atoms with Gasteiger partial charge < -0.3 is 10.4 Å². The van der Waals surface area contributed by atoms with Crippen LogP contribution in [0, 0.1) is 6.92 Å². The van der Waals surface area contributed by atoms with Gasteiger partial charge in [-0.25, -0.2) is 0 Å². The molecule has 0 aliphatic carbocycles. The molecule has 0 bridgehead atoms. The lowest BCUT2D eigenvalue weighted by molar-refractivity contribution is 0.173. The molecule has 1 unspecified atom stereocenters. The Labute approximate surface area is 129 Å². The van der Waals surface area contributed by atoms with Gasteiger partial charge in [0.1, 0.15) is 0 Å². The van der Waals surface area contributed by atoms with E-state index in [-0.39, 0.29) is 6.61 Å². The average Bonchev–Trinajstić information content (AvgIpc) is 2.49. The maximum absolute atomic E-state index is 9.74. The summed E-state index contributed by atoms with van der Waals surface area (Å²) in [6.45, 7) is 4.86. The number of nitrogens with one attached hydrogen (secondary N) is 1. The van der Waals surface area contributed by atoms with Gasteiger partial charge in [-0.15, -0.1) is 0 Å². The third-order valence-corrected chi connectivity index (χ3v) is 4.50. The second-order valence-electron chi connectivity index (χ2n) is 5.29. The maximum atomic E-state index is 9.74. The Morgan fingerprint density at radius 1 is 1.15 bits per heavy atom. The first-order valence-electron chi connectivity index (χ1n) is 6.71. The standard InChI is InChI=1S/C17H20BrNO/c1-13-8-9-14(10-16(13)18)11-19-17(2,12-20)15-6-4-3-5-7-15/h3-10,19-20H,11-12H2,1-2H3. The molecule has 0 aromatic heterocycles. The minimum Gasteiger partial charge on any atom is -0.394 e. The monoisotopic (exact) mass is 333 g/mol. The predicted molar refractivity (Wildman–Crippen MR) is 86.6 cm³/mol. The summed E-state index contributed by atoms with van der Waals surface area (Å²) < 4.78 is 1.11. The van der Waals surface area contributed by atoms with Crippen LogP contribution in [0.5, 0.6) is 0 Å². The molecule has 0 radical (unpaired) electrons. The quantitative estimate of drug-likeness (QED) is 0.873. The highest BCUT2D eigenvalue weighted by Gasteiger charge is 2.24. The number of hydrogen-bond donors (Lipinski definition) is 2. The van der Waals surface area contributed by atoms with E-state index < -0.39 is 5.54 Å². The minimum atomic E-state index is -0.432. The van der Waals surface area contributed by atoms with Crippen LogP contribution in [0.4, 0.5) is 0 Å². The van der Waals surface area contributed by atoms with Crippen LogP contribution in [-0.4, -0.2) is 11.7 Å². The molecule has 3 heteroatoms. The molecule has 0 saturated heterocycles. The molecule has 2 nitrogen and oxygen atoms in total. The van der Waals surface area contributed by atoms with Crippen molar-refractivity contribution in [3.05, 3.63) is 69.7 Å². The predicted octanol–water partition coefficient (Wildman–Crippen LogP) is 3.75. The molecule has 2 aromatic rings. The van der Waals surface area contributed by atoms with Crippen LogP contribution in [0.15, 0.2) is 53.0 Å². The molecule has 106 valence electrons. The highest BCUT2D eigenvalue weighted by atomic mass is 79.9. The molecule has 0 amide bonds. The summed E-state index contributed by atoms with van der Waals surface area (Å²) in [5.41, 5.74) is 3.08. The number of halogens is 1. The first-order chi connectivity index (χ1) is 9.55. The summed E-state index contributed by atoms with van der Waals surface area (Å²) in [6.07, 6.45) is 0. The van der Waals surface area contributed by atoms with E-state index in [1.807, 2.05) is 37.3 Å². The molecule has 0 saturated carbocycles. The van der Waals surface area contributed by atoms with E-state index in [0.717, 1.165) is 10.0 Å². The summed E-state index contributed by atoms with van der Waals surface area (Å²) in [4.78, 5) is 0. The molecule has 0 aliphatic rings. The molecule has 2 rings (SSSR count). The fraction of sp³-hybridized carbons (Fsp3) is 0.294. The zero-order chi connectivity index (χ0) is 14.6. The van der Waals surface area contributed by atoms with Crippen molar-refractivity contribution in [3.63, 3.8) is 0 Å². The van der Waals surface area contributed by atoms with Crippen molar-refractivity contribution < 1.29 is 5.11 Å². The third kappa shape index (κ3) is 3.48. The van der Waals surface area contributed by atoms with Gasteiger partial charge in [-0.3, -0.25) is 0 Å². The Morgan fingerprint density at radius 3 is 2.45 bits per heavy atom. The highest BCUT2D eigenvalue weighted by Crippen LogP contribution is 2.22. The van der Waals surface area contributed by atoms with Gasteiger partial charge in [-0.1, -0.05) is 58.4 Å². The van der Waals surface area contributed by atoms with Crippen LogP contribution in [0.2, 0.25) is 0 Å². The van der Waals surface area contributed by atoms with Crippen LogP contribution in [-0.2, 0) is 12.1 Å². The molecule has 2 aromatic carbocycles. The summed E-state index contributed by atoms with van der Waals surface area (Å²) >= 11 is 3.55. The SMILES string of the molecule is Cc1ccc(CNC(C)(CO)c2ccccc2)cc1Br. The van der Waals surface area contributed by atoms with Crippen molar-refractivity contribution in [2.45, 2.75) is 25.9 Å². The largest absolute Gasteiger partial charge is 0.394 e. The molecule has 0 fully saturated rings. The number of aliphatic hydroxyl groups excluding tert-OH is 1. The normalized spacial score (nSPS) is 14.0. The summed E-state index contributed by atoms with van der Waals surface area (Å²) in [6, 6.07) is 16.4. The number of hydrogen-bond acceptors (Lipinski definition) is 2. The third-order valence-electron chi connectivity index (χ3n) is 3.65. The number of aliphatic hydroxyl groups is 1.